The van der Waals surface area contributed by atoms with E-state index in [1.807, 2.05) is 42.5 Å². The van der Waals surface area contributed by atoms with Crippen molar-refractivity contribution in [2.24, 2.45) is 0 Å². The monoisotopic (exact) mass is 389 g/mol. The van der Waals surface area contributed by atoms with Crippen molar-refractivity contribution in [3.05, 3.63) is 82.1 Å². The number of rotatable bonds is 4. The average Bonchev–Trinajstić information content (AvgIpc) is 2.77. The van der Waals surface area contributed by atoms with Gasteiger partial charge in [0.2, 0.25) is 0 Å². The van der Waals surface area contributed by atoms with E-state index < -0.39 is 0 Å². The molecule has 0 radical (unpaired) electrons. The number of hydrogen-bond acceptors (Lipinski definition) is 3. The number of likely N-dealkylation sites (tertiary alicyclic amines) is 1. The zero-order valence-electron chi connectivity index (χ0n) is 16.1. The van der Waals surface area contributed by atoms with Gasteiger partial charge in [-0.2, -0.15) is 0 Å². The molecule has 29 heavy (non-hydrogen) atoms. The molecule has 0 aliphatic carbocycles. The maximum Gasteiger partial charge on any atom is 0.261 e. The van der Waals surface area contributed by atoms with Gasteiger partial charge in [-0.05, 0) is 48.9 Å². The molecule has 2 heterocycles. The number of aromatic nitrogens is 1. The third kappa shape index (κ3) is 4.06. The van der Waals surface area contributed by atoms with Crippen LogP contribution in [0.2, 0.25) is 0 Å². The van der Waals surface area contributed by atoms with E-state index in [4.69, 9.17) is 0 Å². The van der Waals surface area contributed by atoms with Gasteiger partial charge in [0, 0.05) is 30.2 Å². The maximum atomic E-state index is 13.2. The van der Waals surface area contributed by atoms with Crippen LogP contribution in [0.3, 0.4) is 0 Å². The highest BCUT2D eigenvalue weighted by Gasteiger charge is 2.29. The van der Waals surface area contributed by atoms with Gasteiger partial charge < -0.3 is 15.2 Å². The van der Waals surface area contributed by atoms with Gasteiger partial charge >= 0.3 is 0 Å². The molecule has 2 aromatic carbocycles. The summed E-state index contributed by atoms with van der Waals surface area (Å²) in [7, 11) is 0. The molecule has 1 atom stereocenters. The van der Waals surface area contributed by atoms with E-state index in [-0.39, 0.29) is 29.0 Å². The van der Waals surface area contributed by atoms with Crippen LogP contribution in [0, 0.1) is 0 Å². The quantitative estimate of drug-likeness (QED) is 0.720. The van der Waals surface area contributed by atoms with Crippen LogP contribution in [-0.4, -0.2) is 40.8 Å². The Balaban J connectivity index is 1.53. The molecule has 1 unspecified atom stereocenters. The van der Waals surface area contributed by atoms with Gasteiger partial charge in [-0.25, -0.2) is 0 Å². The van der Waals surface area contributed by atoms with Crippen LogP contribution >= 0.6 is 0 Å². The summed E-state index contributed by atoms with van der Waals surface area (Å²) >= 11 is 0. The van der Waals surface area contributed by atoms with Crippen LogP contribution in [-0.2, 0) is 0 Å². The zero-order valence-corrected chi connectivity index (χ0v) is 16.1. The molecule has 1 aromatic heterocycles. The van der Waals surface area contributed by atoms with Crippen LogP contribution in [0.5, 0.6) is 0 Å². The molecule has 1 aliphatic heterocycles. The third-order valence-electron chi connectivity index (χ3n) is 5.41. The van der Waals surface area contributed by atoms with Gasteiger partial charge in [0.1, 0.15) is 5.56 Å². The first-order valence-electron chi connectivity index (χ1n) is 9.90. The lowest BCUT2D eigenvalue weighted by Crippen LogP contribution is -2.50. The maximum absolute atomic E-state index is 13.2. The van der Waals surface area contributed by atoms with Gasteiger partial charge in [0.25, 0.3) is 17.4 Å². The number of piperidine rings is 1. The molecule has 2 N–H and O–H groups in total. The first-order valence-corrected chi connectivity index (χ1v) is 9.90. The molecule has 3 aromatic rings. The molecule has 0 bridgehead atoms. The number of H-pyrrole nitrogens is 1. The second-order valence-electron chi connectivity index (χ2n) is 7.32. The number of para-hydroxylation sites is 1. The van der Waals surface area contributed by atoms with Gasteiger partial charge in [-0.3, -0.25) is 14.4 Å². The van der Waals surface area contributed by atoms with Crippen molar-refractivity contribution >= 4 is 22.7 Å². The third-order valence-corrected chi connectivity index (χ3v) is 5.41. The lowest BCUT2D eigenvalue weighted by molar-refractivity contribution is 0.0601. The van der Waals surface area contributed by atoms with Crippen molar-refractivity contribution in [1.82, 2.24) is 15.2 Å². The zero-order chi connectivity index (χ0) is 20.2. The fourth-order valence-corrected chi connectivity index (χ4v) is 3.84. The number of amides is 2. The van der Waals surface area contributed by atoms with Gasteiger partial charge in [0.05, 0.1) is 0 Å². The largest absolute Gasteiger partial charge is 0.350 e. The van der Waals surface area contributed by atoms with Crippen LogP contribution in [0.1, 0.15) is 40.0 Å². The predicted molar refractivity (Wildman–Crippen MR) is 112 cm³/mol. The van der Waals surface area contributed by atoms with E-state index in [9.17, 15) is 14.4 Å². The minimum absolute atomic E-state index is 0.130. The summed E-state index contributed by atoms with van der Waals surface area (Å²) in [6.45, 7) is 0.946. The molecular formula is C23H23N3O3. The number of carbonyl (C=O) groups excluding carboxylic acids is 2. The van der Waals surface area contributed by atoms with E-state index in [1.54, 1.807) is 23.1 Å². The van der Waals surface area contributed by atoms with E-state index in [0.717, 1.165) is 24.6 Å². The Hall–Kier alpha value is -3.41. The molecule has 4 rings (SSSR count). The lowest BCUT2D eigenvalue weighted by atomic mass is 10.0. The number of aromatic amines is 1. The minimum Gasteiger partial charge on any atom is -0.350 e. The molecule has 0 spiro atoms. The number of nitrogens with zero attached hydrogens (tertiary/aromatic N) is 1. The first kappa shape index (κ1) is 18.9. The second-order valence-corrected chi connectivity index (χ2v) is 7.32. The summed E-state index contributed by atoms with van der Waals surface area (Å²) in [5.41, 5.74) is 1.06. The van der Waals surface area contributed by atoms with Crippen molar-refractivity contribution < 1.29 is 9.59 Å². The lowest BCUT2D eigenvalue weighted by Gasteiger charge is -2.35. The molecule has 6 heteroatoms. The highest BCUT2D eigenvalue weighted by atomic mass is 16.2. The molecule has 1 aliphatic rings. The van der Waals surface area contributed by atoms with E-state index >= 15 is 0 Å². The standard InChI is InChI=1S/C23H23N3O3/c27-21(16-8-2-1-3-9-16)24-15-18-11-6-7-13-26(18)23(29)19-14-17-10-4-5-12-20(17)25-22(19)28/h1-5,8-10,12,14,18H,6-7,11,13,15H2,(H,24,27)(H,25,28). The van der Waals surface area contributed by atoms with E-state index in [1.165, 1.54) is 0 Å². The Labute approximate surface area is 168 Å². The van der Waals surface area contributed by atoms with E-state index in [0.29, 0.717) is 24.2 Å². The summed E-state index contributed by atoms with van der Waals surface area (Å²) < 4.78 is 0. The molecule has 1 fully saturated rings. The number of fused-ring (bicyclic) bond motifs is 1. The Morgan fingerprint density at radius 3 is 2.62 bits per heavy atom. The van der Waals surface area contributed by atoms with Crippen LogP contribution in [0.4, 0.5) is 0 Å². The van der Waals surface area contributed by atoms with Crippen molar-refractivity contribution in [1.29, 1.82) is 0 Å². The number of pyridine rings is 1. The number of benzene rings is 2. The highest BCUT2D eigenvalue weighted by molar-refractivity contribution is 5.97. The van der Waals surface area contributed by atoms with Crippen molar-refractivity contribution in [2.45, 2.75) is 25.3 Å². The SMILES string of the molecule is O=C(NCC1CCCCN1C(=O)c1cc2ccccc2[nH]c1=O)c1ccccc1. The van der Waals surface area contributed by atoms with Crippen molar-refractivity contribution in [3.63, 3.8) is 0 Å². The smallest absolute Gasteiger partial charge is 0.261 e. The van der Waals surface area contributed by atoms with Gasteiger partial charge in [-0.1, -0.05) is 36.4 Å². The topological polar surface area (TPSA) is 82.3 Å². The molecule has 148 valence electrons. The molecule has 1 saturated heterocycles. The van der Waals surface area contributed by atoms with Gasteiger partial charge in [0.15, 0.2) is 0 Å². The summed E-state index contributed by atoms with van der Waals surface area (Å²) in [5.74, 6) is -0.442. The van der Waals surface area contributed by atoms with Crippen LogP contribution < -0.4 is 10.9 Å². The van der Waals surface area contributed by atoms with Crippen LogP contribution in [0.25, 0.3) is 10.9 Å². The predicted octanol–water partition coefficient (Wildman–Crippen LogP) is 2.95. The Kier molecular flexibility index (Phi) is 5.42. The Morgan fingerprint density at radius 1 is 1.03 bits per heavy atom. The number of nitrogens with one attached hydrogen (secondary N) is 2. The van der Waals surface area contributed by atoms with Crippen molar-refractivity contribution in [2.75, 3.05) is 13.1 Å². The first-order chi connectivity index (χ1) is 14.1. The average molecular weight is 389 g/mol. The fraction of sp³-hybridized carbons (Fsp3) is 0.261. The van der Waals surface area contributed by atoms with Crippen LogP contribution in [0.15, 0.2) is 65.5 Å². The van der Waals surface area contributed by atoms with Gasteiger partial charge in [-0.15, -0.1) is 0 Å². The van der Waals surface area contributed by atoms with Crippen molar-refractivity contribution in [3.8, 4) is 0 Å². The summed E-state index contributed by atoms with van der Waals surface area (Å²) in [4.78, 5) is 42.6. The number of hydrogen-bond donors (Lipinski definition) is 2. The minimum atomic E-state index is -0.383. The molecule has 2 amide bonds. The number of carbonyl (C=O) groups is 2. The summed E-state index contributed by atoms with van der Waals surface area (Å²) in [6, 6.07) is 17.9. The second kappa shape index (κ2) is 8.31. The molecule has 6 nitrogen and oxygen atoms in total. The summed E-state index contributed by atoms with van der Waals surface area (Å²) in [5, 5.41) is 3.75. The highest BCUT2D eigenvalue weighted by Crippen LogP contribution is 2.20. The molecular weight excluding hydrogens is 366 g/mol. The van der Waals surface area contributed by atoms with E-state index in [2.05, 4.69) is 10.3 Å². The Morgan fingerprint density at radius 2 is 1.79 bits per heavy atom. The fourth-order valence-electron chi connectivity index (χ4n) is 3.84. The summed E-state index contributed by atoms with van der Waals surface area (Å²) in [6.07, 6.45) is 2.68. The normalized spacial score (nSPS) is 16.6. The Bertz CT molecular complexity index is 1090. The molecule has 0 saturated carbocycles.